The summed E-state index contributed by atoms with van der Waals surface area (Å²) in [6, 6.07) is 11.4. The first-order chi connectivity index (χ1) is 12.7. The third kappa shape index (κ3) is 3.75. The van der Waals surface area contributed by atoms with Crippen molar-refractivity contribution in [2.45, 2.75) is 19.4 Å². The first kappa shape index (κ1) is 19.5. The van der Waals surface area contributed by atoms with Crippen molar-refractivity contribution in [1.82, 2.24) is 0 Å². The Morgan fingerprint density at radius 3 is 2.59 bits per heavy atom. The molecule has 0 bridgehead atoms. The van der Waals surface area contributed by atoms with Gasteiger partial charge in [0, 0.05) is 12.2 Å². The Bertz CT molecular complexity index is 977. The second-order valence-corrected chi connectivity index (χ2v) is 8.69. The largest absolute Gasteiger partial charge is 0.495 e. The van der Waals surface area contributed by atoms with Gasteiger partial charge in [0.2, 0.25) is 10.0 Å². The Hall–Kier alpha value is -2.25. The topological polar surface area (TPSA) is 66.9 Å². The summed E-state index contributed by atoms with van der Waals surface area (Å²) in [5, 5.41) is 0.273. The number of para-hydroxylation sites is 1. The van der Waals surface area contributed by atoms with E-state index in [-0.39, 0.29) is 10.9 Å². The molecular weight excluding hydrogens is 388 g/mol. The van der Waals surface area contributed by atoms with Crippen molar-refractivity contribution in [1.29, 1.82) is 0 Å². The Morgan fingerprint density at radius 1 is 1.26 bits per heavy atom. The highest BCUT2D eigenvalue weighted by Crippen LogP contribution is 2.33. The van der Waals surface area contributed by atoms with E-state index in [0.29, 0.717) is 18.0 Å². The van der Waals surface area contributed by atoms with Crippen molar-refractivity contribution in [3.63, 3.8) is 0 Å². The minimum Gasteiger partial charge on any atom is -0.495 e. The van der Waals surface area contributed by atoms with Crippen LogP contribution in [0.4, 0.5) is 11.4 Å². The molecule has 0 aliphatic carbocycles. The van der Waals surface area contributed by atoms with Gasteiger partial charge < -0.3 is 9.64 Å². The van der Waals surface area contributed by atoms with Gasteiger partial charge in [-0.15, -0.1) is 0 Å². The first-order valence-electron chi connectivity index (χ1n) is 8.46. The predicted molar refractivity (Wildman–Crippen MR) is 107 cm³/mol. The first-order valence-corrected chi connectivity index (χ1v) is 10.7. The van der Waals surface area contributed by atoms with Crippen LogP contribution in [0.5, 0.6) is 5.75 Å². The molecule has 0 aromatic heterocycles. The highest BCUT2D eigenvalue weighted by atomic mass is 35.5. The maximum absolute atomic E-state index is 13.1. The fraction of sp³-hybridized carbons (Fsp3) is 0.316. The van der Waals surface area contributed by atoms with Crippen LogP contribution in [0.3, 0.4) is 0 Å². The van der Waals surface area contributed by atoms with Crippen molar-refractivity contribution in [2.24, 2.45) is 0 Å². The molecule has 1 unspecified atom stereocenters. The number of ether oxygens (including phenoxy) is 1. The molecule has 2 aromatic carbocycles. The minimum absolute atomic E-state index is 0.273. The smallest absolute Gasteiger partial charge is 0.250 e. The molecule has 8 heteroatoms. The summed E-state index contributed by atoms with van der Waals surface area (Å²) in [6.07, 6.45) is 1.83. The van der Waals surface area contributed by atoms with Gasteiger partial charge in [-0.25, -0.2) is 8.42 Å². The maximum atomic E-state index is 13.1. The van der Waals surface area contributed by atoms with Crippen LogP contribution < -0.4 is 13.9 Å². The molecule has 1 aliphatic rings. The number of sulfonamides is 1. The molecule has 0 saturated heterocycles. The molecule has 0 N–H and O–H groups in total. The molecule has 3 rings (SSSR count). The second-order valence-electron chi connectivity index (χ2n) is 6.42. The summed E-state index contributed by atoms with van der Waals surface area (Å²) in [4.78, 5) is 14.8. The fourth-order valence-electron chi connectivity index (χ4n) is 3.39. The Kier molecular flexibility index (Phi) is 5.35. The van der Waals surface area contributed by atoms with E-state index in [1.54, 1.807) is 24.0 Å². The van der Waals surface area contributed by atoms with Crippen LogP contribution in [0.25, 0.3) is 0 Å². The van der Waals surface area contributed by atoms with E-state index >= 15 is 0 Å². The summed E-state index contributed by atoms with van der Waals surface area (Å²) in [7, 11) is -2.24. The van der Waals surface area contributed by atoms with Gasteiger partial charge in [-0.2, -0.15) is 0 Å². The predicted octanol–water partition coefficient (Wildman–Crippen LogP) is 3.09. The second kappa shape index (κ2) is 7.40. The zero-order valence-corrected chi connectivity index (χ0v) is 16.9. The minimum atomic E-state index is -3.72. The lowest BCUT2D eigenvalue weighted by atomic mass is 10.2. The number of carbonyl (C=O) groups is 1. The molecule has 1 heterocycles. The fourth-order valence-corrected chi connectivity index (χ4v) is 4.80. The molecule has 0 spiro atoms. The van der Waals surface area contributed by atoms with E-state index in [0.717, 1.165) is 28.2 Å². The summed E-state index contributed by atoms with van der Waals surface area (Å²) < 4.78 is 31.2. The molecule has 1 atom stereocenters. The number of amides is 1. The van der Waals surface area contributed by atoms with Gasteiger partial charge >= 0.3 is 0 Å². The van der Waals surface area contributed by atoms with Crippen molar-refractivity contribution in [3.05, 3.63) is 53.1 Å². The van der Waals surface area contributed by atoms with Gasteiger partial charge in [0.25, 0.3) is 5.91 Å². The van der Waals surface area contributed by atoms with Crippen molar-refractivity contribution >= 4 is 38.9 Å². The standard InChI is InChI=1S/C19H21ClN2O4S/c1-13(19(23)21-11-10-14-6-4-5-7-17(14)21)22(27(3,24)25)15-8-9-18(26-2)16(20)12-15/h4-9,12-13H,10-11H2,1-3H3. The molecule has 27 heavy (non-hydrogen) atoms. The quantitative estimate of drug-likeness (QED) is 0.762. The van der Waals surface area contributed by atoms with Gasteiger partial charge in [0.05, 0.1) is 24.1 Å². The number of fused-ring (bicyclic) bond motifs is 1. The Labute approximate surface area is 164 Å². The molecule has 0 radical (unpaired) electrons. The van der Waals surface area contributed by atoms with Crippen LogP contribution in [0, 0.1) is 0 Å². The molecule has 144 valence electrons. The van der Waals surface area contributed by atoms with Crippen LogP contribution >= 0.6 is 11.6 Å². The molecule has 1 aliphatic heterocycles. The van der Waals surface area contributed by atoms with Crippen LogP contribution in [-0.2, 0) is 21.2 Å². The normalized spacial score (nSPS) is 14.6. The van der Waals surface area contributed by atoms with Gasteiger partial charge in [-0.3, -0.25) is 9.10 Å². The van der Waals surface area contributed by atoms with Crippen LogP contribution in [0.1, 0.15) is 12.5 Å². The SMILES string of the molecule is COc1ccc(N(C(C)C(=O)N2CCc3ccccc32)S(C)(=O)=O)cc1Cl. The highest BCUT2D eigenvalue weighted by molar-refractivity contribution is 7.92. The maximum Gasteiger partial charge on any atom is 0.250 e. The van der Waals surface area contributed by atoms with Gasteiger partial charge in [-0.1, -0.05) is 29.8 Å². The number of methoxy groups -OCH3 is 1. The lowest BCUT2D eigenvalue weighted by Crippen LogP contribution is -2.49. The van der Waals surface area contributed by atoms with E-state index < -0.39 is 16.1 Å². The summed E-state index contributed by atoms with van der Waals surface area (Å²) in [6.45, 7) is 2.12. The van der Waals surface area contributed by atoms with Gasteiger partial charge in [-0.05, 0) is 43.2 Å². The molecule has 0 fully saturated rings. The van der Waals surface area contributed by atoms with E-state index in [9.17, 15) is 13.2 Å². The number of halogens is 1. The number of hydrogen-bond acceptors (Lipinski definition) is 4. The average molecular weight is 409 g/mol. The average Bonchev–Trinajstić information content (AvgIpc) is 3.04. The number of anilines is 2. The third-order valence-corrected chi connectivity index (χ3v) is 6.15. The number of carbonyl (C=O) groups excluding carboxylic acids is 1. The zero-order chi connectivity index (χ0) is 19.8. The van der Waals surface area contributed by atoms with Crippen LogP contribution in [-0.4, -0.2) is 40.3 Å². The summed E-state index contributed by atoms with van der Waals surface area (Å²) >= 11 is 6.16. The monoisotopic (exact) mass is 408 g/mol. The lowest BCUT2D eigenvalue weighted by molar-refractivity contribution is -0.119. The van der Waals surface area contributed by atoms with Crippen molar-refractivity contribution in [2.75, 3.05) is 29.1 Å². The Balaban J connectivity index is 1.97. The molecule has 6 nitrogen and oxygen atoms in total. The highest BCUT2D eigenvalue weighted by Gasteiger charge is 2.35. The molecule has 1 amide bonds. The summed E-state index contributed by atoms with van der Waals surface area (Å²) in [5.74, 6) is 0.152. The van der Waals surface area contributed by atoms with E-state index in [1.807, 2.05) is 24.3 Å². The number of rotatable bonds is 5. The summed E-state index contributed by atoms with van der Waals surface area (Å²) in [5.41, 5.74) is 2.23. The third-order valence-electron chi connectivity index (χ3n) is 4.61. The Morgan fingerprint density at radius 2 is 1.96 bits per heavy atom. The van der Waals surface area contributed by atoms with Crippen molar-refractivity contribution < 1.29 is 17.9 Å². The number of benzene rings is 2. The van der Waals surface area contributed by atoms with Crippen LogP contribution in [0.2, 0.25) is 5.02 Å². The lowest BCUT2D eigenvalue weighted by Gasteiger charge is -2.31. The number of hydrogen-bond donors (Lipinski definition) is 0. The molecule has 2 aromatic rings. The zero-order valence-electron chi connectivity index (χ0n) is 15.3. The van der Waals surface area contributed by atoms with Crippen LogP contribution in [0.15, 0.2) is 42.5 Å². The van der Waals surface area contributed by atoms with Gasteiger partial charge in [0.1, 0.15) is 11.8 Å². The molecule has 0 saturated carbocycles. The number of nitrogens with zero attached hydrogens (tertiary/aromatic N) is 2. The van der Waals surface area contributed by atoms with E-state index in [2.05, 4.69) is 0 Å². The molecular formula is C19H21ClN2O4S. The van der Waals surface area contributed by atoms with Crippen molar-refractivity contribution in [3.8, 4) is 5.75 Å². The van der Waals surface area contributed by atoms with E-state index in [4.69, 9.17) is 16.3 Å². The van der Waals surface area contributed by atoms with Gasteiger partial charge in [0.15, 0.2) is 0 Å². The van der Waals surface area contributed by atoms with E-state index in [1.165, 1.54) is 13.2 Å².